The van der Waals surface area contributed by atoms with Crippen molar-refractivity contribution in [2.75, 3.05) is 0 Å². The second kappa shape index (κ2) is 26.0. The Kier molecular flexibility index (Phi) is 30.2. The van der Waals surface area contributed by atoms with E-state index in [4.69, 9.17) is 53.6 Å². The van der Waals surface area contributed by atoms with Crippen LogP contribution in [0.15, 0.2) is 0 Å². The predicted molar refractivity (Wildman–Crippen MR) is 121 cm³/mol. The molecule has 0 aromatic rings. The van der Waals surface area contributed by atoms with Crippen LogP contribution >= 0.6 is 0 Å². The second-order valence-electron chi connectivity index (χ2n) is 6.80. The standard InChI is InChI=1S/2C5H9NO4.2C4H7NO4.Mg/c2*6-3(5(9)10)1-2-4(7)8;2*5-2(4(8)9)1-3(6)7;/h2*3H,1-2,6H2,(H,7,8)(H,9,10);2*2H,1,5H2,(H,6,7)(H,8,9);/q;;;;+2/p-2/t2*3-;2*2-;/m0000./s1. The number of nitrogens with two attached hydrogens (primary N) is 4. The van der Waals surface area contributed by atoms with Crippen LogP contribution in [0.1, 0.15) is 38.5 Å². The van der Waals surface area contributed by atoms with E-state index in [1.165, 1.54) is 0 Å². The van der Waals surface area contributed by atoms with Crippen LogP contribution in [0.5, 0.6) is 0 Å². The molecule has 0 fully saturated rings. The van der Waals surface area contributed by atoms with Gasteiger partial charge in [-0.15, -0.1) is 0 Å². The van der Waals surface area contributed by atoms with Gasteiger partial charge in [-0.25, -0.2) is 0 Å². The van der Waals surface area contributed by atoms with Crippen molar-refractivity contribution in [2.45, 2.75) is 62.7 Å². The van der Waals surface area contributed by atoms with Crippen molar-refractivity contribution < 1.29 is 79.2 Å². The van der Waals surface area contributed by atoms with Crippen LogP contribution in [0.25, 0.3) is 0 Å². The summed E-state index contributed by atoms with van der Waals surface area (Å²) in [5.41, 5.74) is 19.6. The van der Waals surface area contributed by atoms with Crippen LogP contribution < -0.4 is 33.1 Å². The molecular formula is C18H30MgN4O16. The molecule has 0 aromatic heterocycles. The Bertz CT molecular complexity index is 759. The number of carboxylic acids is 8. The number of rotatable bonds is 14. The van der Waals surface area contributed by atoms with E-state index >= 15 is 0 Å². The van der Waals surface area contributed by atoms with Crippen molar-refractivity contribution in [1.29, 1.82) is 0 Å². The Morgan fingerprint density at radius 2 is 0.718 bits per heavy atom. The first-order valence-electron chi connectivity index (χ1n) is 9.92. The monoisotopic (exact) mass is 582 g/mol. The predicted octanol–water partition coefficient (Wildman–Crippen LogP) is -6.78. The topological polar surface area (TPSA) is 408 Å². The van der Waals surface area contributed by atoms with Crippen LogP contribution in [0.3, 0.4) is 0 Å². The molecule has 20 nitrogen and oxygen atoms in total. The zero-order valence-corrected chi connectivity index (χ0v) is 21.7. The minimum absolute atomic E-state index is 0. The summed E-state index contributed by atoms with van der Waals surface area (Å²) in [6.45, 7) is 0. The Balaban J connectivity index is -0.000000131. The number of hydrogen-bond donors (Lipinski definition) is 10. The summed E-state index contributed by atoms with van der Waals surface area (Å²) < 4.78 is 0. The first kappa shape index (κ1) is 45.3. The molecule has 0 rings (SSSR count). The van der Waals surface area contributed by atoms with Crippen molar-refractivity contribution in [2.24, 2.45) is 22.9 Å². The van der Waals surface area contributed by atoms with Gasteiger partial charge in [0, 0.05) is 24.9 Å². The van der Waals surface area contributed by atoms with Crippen molar-refractivity contribution in [3.05, 3.63) is 0 Å². The quantitative estimate of drug-likeness (QED) is 0.0849. The molecule has 0 radical (unpaired) electrons. The van der Waals surface area contributed by atoms with E-state index < -0.39 is 84.8 Å². The smallest absolute Gasteiger partial charge is 0.548 e. The molecule has 39 heavy (non-hydrogen) atoms. The van der Waals surface area contributed by atoms with Crippen LogP contribution in [0.4, 0.5) is 0 Å². The maximum atomic E-state index is 9.88. The minimum Gasteiger partial charge on any atom is -0.548 e. The molecule has 0 heterocycles. The molecule has 21 heteroatoms. The maximum Gasteiger partial charge on any atom is 2.00 e. The van der Waals surface area contributed by atoms with E-state index in [0.29, 0.717) is 0 Å². The molecule has 0 saturated heterocycles. The molecule has 0 aromatic carbocycles. The molecule has 0 aliphatic carbocycles. The van der Waals surface area contributed by atoms with Crippen LogP contribution in [-0.4, -0.2) is 126 Å². The SMILES string of the molecule is N[C@@H](CC(=O)O)C(=O)O.N[C@@H](CC(=O)O)C(=O)O.N[C@@H](CCC(=O)O)C(=O)[O-].N[C@@H](CCC(=O)O)C(=O)[O-].[Mg+2]. The number of hydrogen-bond acceptors (Lipinski definition) is 14. The Morgan fingerprint density at radius 1 is 0.487 bits per heavy atom. The summed E-state index contributed by atoms with van der Waals surface area (Å²) in [6.07, 6.45) is -1.72. The van der Waals surface area contributed by atoms with Crippen molar-refractivity contribution in [1.82, 2.24) is 0 Å². The first-order chi connectivity index (χ1) is 17.1. The average Bonchev–Trinajstić information content (AvgIpc) is 2.75. The van der Waals surface area contributed by atoms with Gasteiger partial charge in [0.15, 0.2) is 0 Å². The largest absolute Gasteiger partial charge is 2.00 e. The van der Waals surface area contributed by atoms with Gasteiger partial charge >= 0.3 is 58.9 Å². The summed E-state index contributed by atoms with van der Waals surface area (Å²) in [4.78, 5) is 78.7. The summed E-state index contributed by atoms with van der Waals surface area (Å²) >= 11 is 0. The van der Waals surface area contributed by atoms with Gasteiger partial charge in [0.25, 0.3) is 0 Å². The van der Waals surface area contributed by atoms with E-state index in [1.54, 1.807) is 0 Å². The van der Waals surface area contributed by atoms with Gasteiger partial charge in [0.05, 0.1) is 24.8 Å². The van der Waals surface area contributed by atoms with Gasteiger partial charge in [0.1, 0.15) is 12.1 Å². The normalized spacial score (nSPS) is 12.2. The third-order valence-electron chi connectivity index (χ3n) is 3.37. The summed E-state index contributed by atoms with van der Waals surface area (Å²) in [7, 11) is 0. The molecule has 0 unspecified atom stereocenters. The van der Waals surface area contributed by atoms with E-state index in [0.717, 1.165) is 0 Å². The minimum atomic E-state index is -1.42. The summed E-state index contributed by atoms with van der Waals surface area (Å²) in [5.74, 6) is -9.94. The molecular weight excluding hydrogens is 553 g/mol. The number of carboxylic acid groups (broad SMARTS) is 8. The van der Waals surface area contributed by atoms with Crippen molar-refractivity contribution in [3.63, 3.8) is 0 Å². The molecule has 0 saturated carbocycles. The van der Waals surface area contributed by atoms with Crippen LogP contribution in [0.2, 0.25) is 0 Å². The fourth-order valence-corrected chi connectivity index (χ4v) is 1.34. The molecule has 220 valence electrons. The number of aliphatic carboxylic acids is 8. The van der Waals surface area contributed by atoms with Gasteiger partial charge in [-0.05, 0) is 12.8 Å². The third kappa shape index (κ3) is 39.0. The number of carbonyl (C=O) groups excluding carboxylic acids is 2. The Labute approximate surface area is 235 Å². The van der Waals surface area contributed by atoms with Gasteiger partial charge in [0.2, 0.25) is 0 Å². The molecule has 0 spiro atoms. The Morgan fingerprint density at radius 3 is 0.821 bits per heavy atom. The fraction of sp³-hybridized carbons (Fsp3) is 0.556. The first-order valence-corrected chi connectivity index (χ1v) is 9.92. The molecule has 4 atom stereocenters. The van der Waals surface area contributed by atoms with Gasteiger partial charge in [-0.2, -0.15) is 0 Å². The van der Waals surface area contributed by atoms with Crippen LogP contribution in [0, 0.1) is 0 Å². The Hall–Kier alpha value is -3.63. The van der Waals surface area contributed by atoms with Crippen LogP contribution in [-0.2, 0) is 38.4 Å². The van der Waals surface area contributed by atoms with Gasteiger partial charge < -0.3 is 73.4 Å². The summed E-state index contributed by atoms with van der Waals surface area (Å²) in [5, 5.41) is 68.0. The third-order valence-corrected chi connectivity index (χ3v) is 3.37. The van der Waals surface area contributed by atoms with Gasteiger partial charge in [-0.1, -0.05) is 0 Å². The van der Waals surface area contributed by atoms with E-state index in [-0.39, 0.29) is 48.7 Å². The number of carbonyl (C=O) groups is 8. The van der Waals surface area contributed by atoms with E-state index in [2.05, 4.69) is 0 Å². The molecule has 0 amide bonds. The van der Waals surface area contributed by atoms with Crippen molar-refractivity contribution >= 4 is 70.8 Å². The van der Waals surface area contributed by atoms with E-state index in [9.17, 15) is 48.6 Å². The molecule has 0 aliphatic heterocycles. The zero-order chi connectivity index (χ0) is 31.2. The maximum absolute atomic E-state index is 9.88. The second-order valence-corrected chi connectivity index (χ2v) is 6.80. The fourth-order valence-electron chi connectivity index (χ4n) is 1.34. The molecule has 0 bridgehead atoms. The summed E-state index contributed by atoms with van der Waals surface area (Å²) in [6, 6.07) is -4.92. The molecule has 0 aliphatic rings. The van der Waals surface area contributed by atoms with Crippen molar-refractivity contribution in [3.8, 4) is 0 Å². The van der Waals surface area contributed by atoms with E-state index in [1.807, 2.05) is 0 Å². The van der Waals surface area contributed by atoms with Gasteiger partial charge in [-0.3, -0.25) is 28.8 Å². The average molecular weight is 583 g/mol. The molecule has 14 N–H and O–H groups in total. The zero-order valence-electron chi connectivity index (χ0n) is 20.3.